The van der Waals surface area contributed by atoms with E-state index in [1.807, 2.05) is 26.8 Å². The molecule has 0 aliphatic heterocycles. The normalized spacial score (nSPS) is 11.8. The first-order valence-electron chi connectivity index (χ1n) is 5.90. The molecule has 1 heterocycles. The van der Waals surface area contributed by atoms with Crippen LogP contribution in [0.4, 0.5) is 4.79 Å². The zero-order chi connectivity index (χ0) is 14.2. The monoisotopic (exact) mass is 299 g/mol. The number of nitrogens with zero attached hydrogens (tertiary/aromatic N) is 1. The van der Waals surface area contributed by atoms with Gasteiger partial charge in [-0.25, -0.2) is 4.79 Å². The van der Waals surface area contributed by atoms with Gasteiger partial charge in [-0.2, -0.15) is 0 Å². The van der Waals surface area contributed by atoms with Gasteiger partial charge in [-0.15, -0.1) is 11.6 Å². The number of ether oxygens (including phenoxy) is 1. The van der Waals surface area contributed by atoms with Gasteiger partial charge in [0.1, 0.15) is 5.60 Å². The van der Waals surface area contributed by atoms with Gasteiger partial charge < -0.3 is 4.74 Å². The van der Waals surface area contributed by atoms with Gasteiger partial charge in [0.15, 0.2) is 0 Å². The maximum Gasteiger partial charge on any atom is 0.419 e. The summed E-state index contributed by atoms with van der Waals surface area (Å²) in [5.41, 5.74) is 1.03. The molecule has 0 saturated carbocycles. The summed E-state index contributed by atoms with van der Waals surface area (Å²) in [7, 11) is 0. The topological polar surface area (TPSA) is 31.2 Å². The lowest BCUT2D eigenvalue weighted by Crippen LogP contribution is -2.26. The molecular weight excluding hydrogens is 285 g/mol. The van der Waals surface area contributed by atoms with E-state index < -0.39 is 11.7 Å². The number of carbonyl (C=O) groups excluding carboxylic acids is 1. The number of alkyl halides is 1. The Morgan fingerprint density at radius 3 is 2.63 bits per heavy atom. The van der Waals surface area contributed by atoms with Gasteiger partial charge in [0, 0.05) is 22.5 Å². The fraction of sp³-hybridized carbons (Fsp3) is 0.357. The van der Waals surface area contributed by atoms with Crippen LogP contribution >= 0.6 is 23.2 Å². The molecule has 3 nitrogen and oxygen atoms in total. The van der Waals surface area contributed by atoms with Crippen LogP contribution < -0.4 is 0 Å². The predicted molar refractivity (Wildman–Crippen MR) is 78.1 cm³/mol. The van der Waals surface area contributed by atoms with Crippen molar-refractivity contribution in [3.05, 3.63) is 35.0 Å². The minimum absolute atomic E-state index is 0.327. The molecule has 0 spiro atoms. The van der Waals surface area contributed by atoms with E-state index >= 15 is 0 Å². The number of hydrogen-bond donors (Lipinski definition) is 0. The van der Waals surface area contributed by atoms with E-state index in [-0.39, 0.29) is 0 Å². The van der Waals surface area contributed by atoms with E-state index in [2.05, 4.69) is 0 Å². The van der Waals surface area contributed by atoms with Crippen LogP contribution in [0.15, 0.2) is 24.4 Å². The van der Waals surface area contributed by atoms with Gasteiger partial charge in [0.05, 0.1) is 5.52 Å². The van der Waals surface area contributed by atoms with E-state index in [0.717, 1.165) is 10.9 Å². The fourth-order valence-corrected chi connectivity index (χ4v) is 2.22. The lowest BCUT2D eigenvalue weighted by molar-refractivity contribution is 0.0544. The third kappa shape index (κ3) is 3.04. The molecule has 2 rings (SSSR count). The first-order valence-corrected chi connectivity index (χ1v) is 6.82. The first kappa shape index (κ1) is 14.2. The number of hydrogen-bond acceptors (Lipinski definition) is 2. The minimum atomic E-state index is -0.548. The minimum Gasteiger partial charge on any atom is -0.443 e. The SMILES string of the molecule is CC(C)(C)OC(=O)n1cc(CCl)c2ccc(Cl)cc21. The molecular formula is C14H15Cl2NO2. The summed E-state index contributed by atoms with van der Waals surface area (Å²) in [4.78, 5) is 12.2. The van der Waals surface area contributed by atoms with Crippen LogP contribution in [0, 0.1) is 0 Å². The molecule has 0 aliphatic rings. The van der Waals surface area contributed by atoms with Crippen molar-refractivity contribution in [3.8, 4) is 0 Å². The van der Waals surface area contributed by atoms with Crippen LogP contribution in [-0.2, 0) is 10.6 Å². The van der Waals surface area contributed by atoms with Gasteiger partial charge in [-0.3, -0.25) is 4.57 Å². The summed E-state index contributed by atoms with van der Waals surface area (Å²) in [6.45, 7) is 5.48. The van der Waals surface area contributed by atoms with Crippen molar-refractivity contribution < 1.29 is 9.53 Å². The molecule has 19 heavy (non-hydrogen) atoms. The molecule has 0 bridgehead atoms. The Morgan fingerprint density at radius 2 is 2.05 bits per heavy atom. The van der Waals surface area contributed by atoms with Gasteiger partial charge in [0.2, 0.25) is 0 Å². The van der Waals surface area contributed by atoms with Crippen LogP contribution in [0.25, 0.3) is 10.9 Å². The number of aromatic nitrogens is 1. The van der Waals surface area contributed by atoms with Crippen LogP contribution in [0.2, 0.25) is 5.02 Å². The molecule has 0 N–H and O–H groups in total. The van der Waals surface area contributed by atoms with Gasteiger partial charge in [-0.05, 0) is 38.5 Å². The Bertz CT molecular complexity index is 626. The Morgan fingerprint density at radius 1 is 1.37 bits per heavy atom. The quantitative estimate of drug-likeness (QED) is 0.707. The molecule has 0 fully saturated rings. The van der Waals surface area contributed by atoms with Gasteiger partial charge in [-0.1, -0.05) is 17.7 Å². The largest absolute Gasteiger partial charge is 0.443 e. The van der Waals surface area contributed by atoms with Crippen molar-refractivity contribution in [1.29, 1.82) is 0 Å². The summed E-state index contributed by atoms with van der Waals surface area (Å²) in [5, 5.41) is 1.47. The molecule has 0 unspecified atom stereocenters. The molecule has 5 heteroatoms. The van der Waals surface area contributed by atoms with Gasteiger partial charge >= 0.3 is 6.09 Å². The van der Waals surface area contributed by atoms with E-state index in [1.54, 1.807) is 18.3 Å². The second-order valence-electron chi connectivity index (χ2n) is 5.30. The van der Waals surface area contributed by atoms with Crippen LogP contribution in [0.3, 0.4) is 0 Å². The highest BCUT2D eigenvalue weighted by Gasteiger charge is 2.20. The highest BCUT2D eigenvalue weighted by atomic mass is 35.5. The highest BCUT2D eigenvalue weighted by molar-refractivity contribution is 6.31. The summed E-state index contributed by atoms with van der Waals surface area (Å²) in [6, 6.07) is 5.37. The number of fused-ring (bicyclic) bond motifs is 1. The molecule has 1 aromatic carbocycles. The molecule has 2 aromatic rings. The maximum atomic E-state index is 12.2. The lowest BCUT2D eigenvalue weighted by Gasteiger charge is -2.19. The van der Waals surface area contributed by atoms with Gasteiger partial charge in [0.25, 0.3) is 0 Å². The average Bonchev–Trinajstić information content (AvgIpc) is 2.64. The van der Waals surface area contributed by atoms with Crippen LogP contribution in [-0.4, -0.2) is 16.3 Å². The Labute approximate surface area is 122 Å². The lowest BCUT2D eigenvalue weighted by atomic mass is 10.2. The van der Waals surface area contributed by atoms with Crippen LogP contribution in [0.1, 0.15) is 26.3 Å². The second-order valence-corrected chi connectivity index (χ2v) is 6.00. The van der Waals surface area contributed by atoms with E-state index in [9.17, 15) is 4.79 Å². The number of halogens is 2. The Balaban J connectivity index is 2.54. The summed E-state index contributed by atoms with van der Waals surface area (Å²) >= 11 is 11.9. The van der Waals surface area contributed by atoms with Crippen molar-refractivity contribution in [2.24, 2.45) is 0 Å². The molecule has 0 atom stereocenters. The summed E-state index contributed by atoms with van der Waals surface area (Å²) < 4.78 is 6.82. The van der Waals surface area contributed by atoms with Crippen molar-refractivity contribution in [3.63, 3.8) is 0 Å². The third-order valence-electron chi connectivity index (χ3n) is 2.58. The maximum absolute atomic E-state index is 12.2. The number of rotatable bonds is 1. The Kier molecular flexibility index (Phi) is 3.79. The molecule has 1 aromatic heterocycles. The molecule has 0 radical (unpaired) electrons. The Hall–Kier alpha value is -1.19. The van der Waals surface area contributed by atoms with Crippen molar-refractivity contribution in [2.45, 2.75) is 32.3 Å². The molecule has 102 valence electrons. The summed E-state index contributed by atoms with van der Waals surface area (Å²) in [6.07, 6.45) is 1.26. The van der Waals surface area contributed by atoms with E-state index in [1.165, 1.54) is 4.57 Å². The number of benzene rings is 1. The fourth-order valence-electron chi connectivity index (χ4n) is 1.84. The molecule has 0 saturated heterocycles. The highest BCUT2D eigenvalue weighted by Crippen LogP contribution is 2.26. The zero-order valence-electron chi connectivity index (χ0n) is 11.0. The standard InChI is InChI=1S/C14H15Cl2NO2/c1-14(2,3)19-13(18)17-8-9(7-15)11-5-4-10(16)6-12(11)17/h4-6,8H,7H2,1-3H3. The predicted octanol–water partition coefficient (Wildman–Crippen LogP) is 4.82. The second kappa shape index (κ2) is 5.06. The van der Waals surface area contributed by atoms with Crippen molar-refractivity contribution in [1.82, 2.24) is 4.57 Å². The first-order chi connectivity index (χ1) is 8.81. The molecule has 0 amide bonds. The number of carbonyl (C=O) groups is 1. The van der Waals surface area contributed by atoms with Crippen molar-refractivity contribution in [2.75, 3.05) is 0 Å². The average molecular weight is 300 g/mol. The molecule has 0 aliphatic carbocycles. The van der Waals surface area contributed by atoms with E-state index in [0.29, 0.717) is 16.4 Å². The van der Waals surface area contributed by atoms with Crippen LogP contribution in [0.5, 0.6) is 0 Å². The zero-order valence-corrected chi connectivity index (χ0v) is 12.5. The van der Waals surface area contributed by atoms with E-state index in [4.69, 9.17) is 27.9 Å². The summed E-state index contributed by atoms with van der Waals surface area (Å²) in [5.74, 6) is 0.327. The van der Waals surface area contributed by atoms with Crippen molar-refractivity contribution >= 4 is 40.2 Å². The smallest absolute Gasteiger partial charge is 0.419 e. The third-order valence-corrected chi connectivity index (χ3v) is 3.11.